The molecule has 1 heterocycles. The Morgan fingerprint density at radius 2 is 1.84 bits per heavy atom. The molecule has 0 unspecified atom stereocenters. The van der Waals surface area contributed by atoms with E-state index in [1.54, 1.807) is 24.3 Å². The van der Waals surface area contributed by atoms with E-state index in [0.717, 1.165) is 18.4 Å². The van der Waals surface area contributed by atoms with Gasteiger partial charge in [-0.15, -0.1) is 0 Å². The monoisotopic (exact) mass is 365 g/mol. The predicted octanol–water partition coefficient (Wildman–Crippen LogP) is 3.13. The first kappa shape index (κ1) is 18.5. The zero-order chi connectivity index (χ0) is 18.2. The quantitative estimate of drug-likeness (QED) is 0.822. The first-order valence-electron chi connectivity index (χ1n) is 9.07. The second-order valence-electron chi connectivity index (χ2n) is 7.50. The van der Waals surface area contributed by atoms with E-state index in [2.05, 4.69) is 0 Å². The number of Topliss-reactive ketones (excluding diaryl/α,β-unsaturated/α-hetero) is 1. The van der Waals surface area contributed by atoms with Gasteiger partial charge in [-0.3, -0.25) is 4.79 Å². The minimum absolute atomic E-state index is 0.115. The fourth-order valence-electron chi connectivity index (χ4n) is 3.77. The van der Waals surface area contributed by atoms with Crippen LogP contribution >= 0.6 is 0 Å². The molecule has 0 amide bonds. The Balaban J connectivity index is 1.99. The van der Waals surface area contributed by atoms with Gasteiger partial charge in [-0.25, -0.2) is 8.42 Å². The molecule has 3 rings (SSSR count). The van der Waals surface area contributed by atoms with E-state index in [1.165, 1.54) is 4.31 Å². The van der Waals surface area contributed by atoms with Crippen molar-refractivity contribution in [3.8, 4) is 0 Å². The number of ether oxygens (including phenoxy) is 1. The minimum atomic E-state index is -3.72. The van der Waals surface area contributed by atoms with Gasteiger partial charge in [-0.05, 0) is 37.8 Å². The van der Waals surface area contributed by atoms with Gasteiger partial charge in [0.25, 0.3) is 0 Å². The van der Waals surface area contributed by atoms with Crippen molar-refractivity contribution in [1.29, 1.82) is 0 Å². The highest BCUT2D eigenvalue weighted by molar-refractivity contribution is 7.89. The maximum atomic E-state index is 13.4. The van der Waals surface area contributed by atoms with Crippen LogP contribution in [0, 0.1) is 18.8 Å². The molecular formula is C19H27NO4S. The molecule has 1 saturated heterocycles. The molecule has 3 atom stereocenters. The lowest BCUT2D eigenvalue weighted by molar-refractivity contribution is -0.131. The summed E-state index contributed by atoms with van der Waals surface area (Å²) in [5, 5.41) is 0. The van der Waals surface area contributed by atoms with Crippen molar-refractivity contribution in [2.24, 2.45) is 11.8 Å². The highest BCUT2D eigenvalue weighted by Crippen LogP contribution is 2.37. The molecule has 0 N–H and O–H groups in total. The third-order valence-corrected chi connectivity index (χ3v) is 7.23. The maximum Gasteiger partial charge on any atom is 0.245 e. The third kappa shape index (κ3) is 3.52. The van der Waals surface area contributed by atoms with Crippen molar-refractivity contribution in [1.82, 2.24) is 4.31 Å². The summed E-state index contributed by atoms with van der Waals surface area (Å²) in [6.07, 6.45) is 2.39. The summed E-state index contributed by atoms with van der Waals surface area (Å²) in [6.45, 7) is 6.26. The Labute approximate surface area is 150 Å². The lowest BCUT2D eigenvalue weighted by Crippen LogP contribution is -2.49. The largest absolute Gasteiger partial charge is 0.360 e. The van der Waals surface area contributed by atoms with Crippen molar-refractivity contribution in [3.63, 3.8) is 0 Å². The van der Waals surface area contributed by atoms with E-state index in [4.69, 9.17) is 4.74 Å². The second-order valence-corrected chi connectivity index (χ2v) is 9.35. The van der Waals surface area contributed by atoms with E-state index in [1.807, 2.05) is 20.8 Å². The van der Waals surface area contributed by atoms with E-state index in [-0.39, 0.29) is 28.6 Å². The van der Waals surface area contributed by atoms with Gasteiger partial charge in [-0.1, -0.05) is 38.0 Å². The fourth-order valence-corrected chi connectivity index (χ4v) is 5.64. The van der Waals surface area contributed by atoms with Crippen LogP contribution in [-0.4, -0.2) is 37.4 Å². The fraction of sp³-hybridized carbons (Fsp3) is 0.632. The molecular weight excluding hydrogens is 338 g/mol. The highest BCUT2D eigenvalue weighted by Gasteiger charge is 2.49. The standard InChI is InChI=1S/C19H27NO4S/c1-13(2)17-12-24-19(16-6-4-5-7-18(16)21)20(17)25(22,23)15-10-8-14(3)9-11-15/h8-11,13,16-17,19H,4-7,12H2,1-3H3/t16-,17-,19+/m1/s1. The normalized spacial score (nSPS) is 28.6. The maximum absolute atomic E-state index is 13.4. The minimum Gasteiger partial charge on any atom is -0.360 e. The van der Waals surface area contributed by atoms with Gasteiger partial charge in [0.05, 0.1) is 23.5 Å². The molecule has 6 heteroatoms. The molecule has 5 nitrogen and oxygen atoms in total. The molecule has 25 heavy (non-hydrogen) atoms. The van der Waals surface area contributed by atoms with Crippen LogP contribution in [0.3, 0.4) is 0 Å². The number of rotatable bonds is 4. The molecule has 2 fully saturated rings. The van der Waals surface area contributed by atoms with Gasteiger partial charge >= 0.3 is 0 Å². The molecule has 1 aliphatic heterocycles. The molecule has 1 aromatic carbocycles. The Bertz CT molecular complexity index is 726. The Hall–Kier alpha value is -1.24. The molecule has 2 aliphatic rings. The topological polar surface area (TPSA) is 63.7 Å². The van der Waals surface area contributed by atoms with Crippen LogP contribution in [0.5, 0.6) is 0 Å². The van der Waals surface area contributed by atoms with Crippen LogP contribution in [-0.2, 0) is 19.6 Å². The molecule has 0 bridgehead atoms. The number of benzene rings is 1. The average molecular weight is 365 g/mol. The zero-order valence-electron chi connectivity index (χ0n) is 15.1. The van der Waals surface area contributed by atoms with E-state index in [0.29, 0.717) is 19.4 Å². The number of hydrogen-bond acceptors (Lipinski definition) is 4. The number of carbonyl (C=O) groups is 1. The van der Waals surface area contributed by atoms with Crippen LogP contribution in [0.2, 0.25) is 0 Å². The van der Waals surface area contributed by atoms with Gasteiger partial charge in [0, 0.05) is 6.42 Å². The second kappa shape index (κ2) is 7.17. The summed E-state index contributed by atoms with van der Waals surface area (Å²) in [5.74, 6) is -0.105. The van der Waals surface area contributed by atoms with Gasteiger partial charge < -0.3 is 4.74 Å². The molecule has 1 aromatic rings. The molecule has 0 aromatic heterocycles. The number of ketones is 1. The third-order valence-electron chi connectivity index (χ3n) is 5.33. The lowest BCUT2D eigenvalue weighted by Gasteiger charge is -2.34. The van der Waals surface area contributed by atoms with Gasteiger partial charge in [0.1, 0.15) is 12.0 Å². The molecule has 1 aliphatic carbocycles. The predicted molar refractivity (Wildman–Crippen MR) is 95.5 cm³/mol. The van der Waals surface area contributed by atoms with Crippen LogP contribution < -0.4 is 0 Å². The Kier molecular flexibility index (Phi) is 5.32. The highest BCUT2D eigenvalue weighted by atomic mass is 32.2. The van der Waals surface area contributed by atoms with Crippen molar-refractivity contribution >= 4 is 15.8 Å². The summed E-state index contributed by atoms with van der Waals surface area (Å²) in [6, 6.07) is 6.63. The first-order valence-corrected chi connectivity index (χ1v) is 10.5. The van der Waals surface area contributed by atoms with Gasteiger partial charge in [0.15, 0.2) is 0 Å². The summed E-state index contributed by atoms with van der Waals surface area (Å²) in [5.41, 5.74) is 1.01. The molecule has 0 radical (unpaired) electrons. The Morgan fingerprint density at radius 1 is 1.16 bits per heavy atom. The first-order chi connectivity index (χ1) is 11.8. The van der Waals surface area contributed by atoms with Crippen LogP contribution in [0.4, 0.5) is 0 Å². The summed E-state index contributed by atoms with van der Waals surface area (Å²) in [4.78, 5) is 12.7. The summed E-state index contributed by atoms with van der Waals surface area (Å²) < 4.78 is 34.1. The van der Waals surface area contributed by atoms with E-state index >= 15 is 0 Å². The summed E-state index contributed by atoms with van der Waals surface area (Å²) in [7, 11) is -3.72. The van der Waals surface area contributed by atoms with Crippen LogP contribution in [0.1, 0.15) is 45.1 Å². The molecule has 1 saturated carbocycles. The smallest absolute Gasteiger partial charge is 0.245 e. The van der Waals surface area contributed by atoms with Gasteiger partial charge in [0.2, 0.25) is 10.0 Å². The number of nitrogens with zero attached hydrogens (tertiary/aromatic N) is 1. The number of sulfonamides is 1. The van der Waals surface area contributed by atoms with Crippen molar-refractivity contribution in [2.45, 2.75) is 63.6 Å². The number of carbonyl (C=O) groups excluding carboxylic acids is 1. The van der Waals surface area contributed by atoms with Crippen LogP contribution in [0.15, 0.2) is 29.2 Å². The van der Waals surface area contributed by atoms with Crippen molar-refractivity contribution in [2.75, 3.05) is 6.61 Å². The number of hydrogen-bond donors (Lipinski definition) is 0. The number of aryl methyl sites for hydroxylation is 1. The zero-order valence-corrected chi connectivity index (χ0v) is 16.0. The molecule has 0 spiro atoms. The lowest BCUT2D eigenvalue weighted by atomic mass is 9.86. The Morgan fingerprint density at radius 3 is 2.44 bits per heavy atom. The SMILES string of the molecule is Cc1ccc(S(=O)(=O)N2[C@@H](C(C)C)CO[C@H]2[C@@H]2CCCCC2=O)cc1. The summed E-state index contributed by atoms with van der Waals surface area (Å²) >= 11 is 0. The van der Waals surface area contributed by atoms with Gasteiger partial charge in [-0.2, -0.15) is 4.31 Å². The van der Waals surface area contributed by atoms with E-state index in [9.17, 15) is 13.2 Å². The van der Waals surface area contributed by atoms with E-state index < -0.39 is 16.3 Å². The average Bonchev–Trinajstić information content (AvgIpc) is 3.01. The van der Waals surface area contributed by atoms with Crippen molar-refractivity contribution in [3.05, 3.63) is 29.8 Å². The molecule has 138 valence electrons. The van der Waals surface area contributed by atoms with Crippen LogP contribution in [0.25, 0.3) is 0 Å². The van der Waals surface area contributed by atoms with Crippen molar-refractivity contribution < 1.29 is 17.9 Å².